The van der Waals surface area contributed by atoms with Gasteiger partial charge in [-0.05, 0) is 24.3 Å². The molecule has 1 fully saturated rings. The molecule has 1 aliphatic rings. The fourth-order valence-electron chi connectivity index (χ4n) is 1.90. The van der Waals surface area contributed by atoms with E-state index in [2.05, 4.69) is 0 Å². The summed E-state index contributed by atoms with van der Waals surface area (Å²) in [5.41, 5.74) is 6.19. The van der Waals surface area contributed by atoms with Crippen LogP contribution < -0.4 is 5.73 Å². The van der Waals surface area contributed by atoms with E-state index in [1.165, 1.54) is 0 Å². The summed E-state index contributed by atoms with van der Waals surface area (Å²) in [7, 11) is -3.39. The minimum absolute atomic E-state index is 0.273. The number of nitrogens with zero attached hydrogens (tertiary/aromatic N) is 1. The number of hydrogen-bond acceptors (Lipinski definition) is 4. The van der Waals surface area contributed by atoms with Gasteiger partial charge in [0, 0.05) is 24.4 Å². The lowest BCUT2D eigenvalue weighted by atomic mass is 10.2. The van der Waals surface area contributed by atoms with E-state index in [1.54, 1.807) is 40.3 Å². The van der Waals surface area contributed by atoms with Crippen LogP contribution in [0.2, 0.25) is 0 Å². The summed E-state index contributed by atoms with van der Waals surface area (Å²) in [4.78, 5) is 0.578. The summed E-state index contributed by atoms with van der Waals surface area (Å²) < 4.78 is 26.5. The fourth-order valence-corrected chi connectivity index (χ4v) is 4.52. The van der Waals surface area contributed by atoms with Gasteiger partial charge in [-0.2, -0.15) is 16.1 Å². The van der Waals surface area contributed by atoms with Gasteiger partial charge in [-0.15, -0.1) is 0 Å². The number of thiocarbonyl (C=S) groups is 1. The minimum Gasteiger partial charge on any atom is -0.389 e. The lowest BCUT2D eigenvalue weighted by Crippen LogP contribution is -2.33. The van der Waals surface area contributed by atoms with Crippen LogP contribution in [-0.2, 0) is 10.0 Å². The molecule has 7 heteroatoms. The van der Waals surface area contributed by atoms with Crippen molar-refractivity contribution in [2.75, 3.05) is 24.6 Å². The van der Waals surface area contributed by atoms with Crippen molar-refractivity contribution in [2.45, 2.75) is 11.3 Å². The van der Waals surface area contributed by atoms with Crippen molar-refractivity contribution in [3.05, 3.63) is 29.8 Å². The van der Waals surface area contributed by atoms with E-state index in [1.807, 2.05) is 0 Å². The summed E-state index contributed by atoms with van der Waals surface area (Å²) in [5.74, 6) is 1.87. The first-order valence-corrected chi connectivity index (χ1v) is 9.00. The Labute approximate surface area is 123 Å². The van der Waals surface area contributed by atoms with Gasteiger partial charge in [0.05, 0.1) is 4.90 Å². The molecule has 2 rings (SSSR count). The molecule has 0 spiro atoms. The molecule has 104 valence electrons. The van der Waals surface area contributed by atoms with Gasteiger partial charge in [-0.1, -0.05) is 24.4 Å². The zero-order valence-corrected chi connectivity index (χ0v) is 12.9. The second kappa shape index (κ2) is 6.21. The first kappa shape index (κ1) is 14.8. The lowest BCUT2D eigenvalue weighted by molar-refractivity contribution is 0.435. The van der Waals surface area contributed by atoms with Crippen LogP contribution >= 0.6 is 24.0 Å². The van der Waals surface area contributed by atoms with Gasteiger partial charge in [-0.25, -0.2) is 8.42 Å². The summed E-state index contributed by atoms with van der Waals surface area (Å²) in [6.45, 7) is 1.16. The normalized spacial score (nSPS) is 17.9. The summed E-state index contributed by atoms with van der Waals surface area (Å²) in [6, 6.07) is 6.45. The molecule has 1 saturated heterocycles. The quantitative estimate of drug-likeness (QED) is 0.855. The maximum atomic E-state index is 12.5. The standard InChI is InChI=1S/C12H16N2O2S3/c13-12(17)10-2-4-11(5-3-10)19(15,16)14-6-1-8-18-9-7-14/h2-5H,1,6-9H2,(H2,13,17). The van der Waals surface area contributed by atoms with Crippen LogP contribution in [0, 0.1) is 0 Å². The molecule has 1 aromatic rings. The van der Waals surface area contributed by atoms with Crippen molar-refractivity contribution in [3.63, 3.8) is 0 Å². The van der Waals surface area contributed by atoms with Crippen LogP contribution in [0.5, 0.6) is 0 Å². The molecule has 0 bridgehead atoms. The van der Waals surface area contributed by atoms with Gasteiger partial charge in [0.25, 0.3) is 0 Å². The van der Waals surface area contributed by atoms with E-state index < -0.39 is 10.0 Å². The zero-order valence-electron chi connectivity index (χ0n) is 10.4. The average Bonchev–Trinajstić information content (AvgIpc) is 2.68. The van der Waals surface area contributed by atoms with Gasteiger partial charge < -0.3 is 5.73 Å². The maximum Gasteiger partial charge on any atom is 0.243 e. The molecule has 1 aliphatic heterocycles. The number of sulfonamides is 1. The maximum absolute atomic E-state index is 12.5. The Morgan fingerprint density at radius 3 is 2.53 bits per heavy atom. The molecule has 0 atom stereocenters. The van der Waals surface area contributed by atoms with Crippen LogP contribution in [0.15, 0.2) is 29.2 Å². The first-order chi connectivity index (χ1) is 9.01. The fraction of sp³-hybridized carbons (Fsp3) is 0.417. The van der Waals surface area contributed by atoms with Gasteiger partial charge in [0.1, 0.15) is 4.99 Å². The third kappa shape index (κ3) is 3.47. The molecule has 0 unspecified atom stereocenters. The van der Waals surface area contributed by atoms with Gasteiger partial charge in [0.2, 0.25) is 10.0 Å². The van der Waals surface area contributed by atoms with Gasteiger partial charge >= 0.3 is 0 Å². The number of nitrogens with two attached hydrogens (primary N) is 1. The number of thioether (sulfide) groups is 1. The summed E-state index contributed by atoms with van der Waals surface area (Å²) >= 11 is 6.65. The Morgan fingerprint density at radius 2 is 1.89 bits per heavy atom. The van der Waals surface area contributed by atoms with Gasteiger partial charge in [-0.3, -0.25) is 0 Å². The number of benzene rings is 1. The molecule has 1 aromatic carbocycles. The first-order valence-electron chi connectivity index (χ1n) is 5.99. The average molecular weight is 316 g/mol. The molecule has 0 radical (unpaired) electrons. The van der Waals surface area contributed by atoms with Crippen molar-refractivity contribution in [2.24, 2.45) is 5.73 Å². The molecule has 2 N–H and O–H groups in total. The van der Waals surface area contributed by atoms with E-state index in [0.29, 0.717) is 23.5 Å². The zero-order chi connectivity index (χ0) is 13.9. The highest BCUT2D eigenvalue weighted by Crippen LogP contribution is 2.20. The highest BCUT2D eigenvalue weighted by atomic mass is 32.2. The molecule has 0 aromatic heterocycles. The highest BCUT2D eigenvalue weighted by molar-refractivity contribution is 7.99. The van der Waals surface area contributed by atoms with E-state index in [4.69, 9.17) is 18.0 Å². The molecule has 4 nitrogen and oxygen atoms in total. The van der Waals surface area contributed by atoms with Gasteiger partial charge in [0.15, 0.2) is 0 Å². The van der Waals surface area contributed by atoms with Crippen LogP contribution in [0.4, 0.5) is 0 Å². The molecular formula is C12H16N2O2S3. The van der Waals surface area contributed by atoms with E-state index in [9.17, 15) is 8.42 Å². The predicted molar refractivity (Wildman–Crippen MR) is 83.0 cm³/mol. The van der Waals surface area contributed by atoms with E-state index in [-0.39, 0.29) is 4.99 Å². The SMILES string of the molecule is NC(=S)c1ccc(S(=O)(=O)N2CCCSCC2)cc1. The molecule has 0 saturated carbocycles. The van der Waals surface area contributed by atoms with E-state index >= 15 is 0 Å². The van der Waals surface area contributed by atoms with Crippen molar-refractivity contribution >= 4 is 39.0 Å². The number of hydrogen-bond donors (Lipinski definition) is 1. The van der Waals surface area contributed by atoms with Crippen LogP contribution in [-0.4, -0.2) is 42.3 Å². The molecule has 0 aliphatic carbocycles. The van der Waals surface area contributed by atoms with E-state index in [0.717, 1.165) is 17.9 Å². The Kier molecular flexibility index (Phi) is 4.83. The molecule has 19 heavy (non-hydrogen) atoms. The molecular weight excluding hydrogens is 300 g/mol. The Hall–Kier alpha value is -0.630. The third-order valence-electron chi connectivity index (χ3n) is 2.96. The smallest absolute Gasteiger partial charge is 0.243 e. The van der Waals surface area contributed by atoms with Crippen molar-refractivity contribution in [3.8, 4) is 0 Å². The van der Waals surface area contributed by atoms with Crippen molar-refractivity contribution < 1.29 is 8.42 Å². The predicted octanol–water partition coefficient (Wildman–Crippen LogP) is 1.45. The van der Waals surface area contributed by atoms with Crippen LogP contribution in [0.25, 0.3) is 0 Å². The van der Waals surface area contributed by atoms with Crippen molar-refractivity contribution in [1.29, 1.82) is 0 Å². The lowest BCUT2D eigenvalue weighted by Gasteiger charge is -2.19. The Balaban J connectivity index is 2.25. The van der Waals surface area contributed by atoms with Crippen molar-refractivity contribution in [1.82, 2.24) is 4.31 Å². The summed E-state index contributed by atoms with van der Waals surface area (Å²) in [5, 5.41) is 0. The topological polar surface area (TPSA) is 63.4 Å². The summed E-state index contributed by atoms with van der Waals surface area (Å²) in [6.07, 6.45) is 0.898. The molecule has 0 amide bonds. The van der Waals surface area contributed by atoms with Crippen LogP contribution in [0.1, 0.15) is 12.0 Å². The number of rotatable bonds is 3. The second-order valence-corrected chi connectivity index (χ2v) is 7.86. The highest BCUT2D eigenvalue weighted by Gasteiger charge is 2.25. The second-order valence-electron chi connectivity index (χ2n) is 4.26. The minimum atomic E-state index is -3.39. The molecule has 1 heterocycles. The Bertz CT molecular complexity index is 547. The monoisotopic (exact) mass is 316 g/mol. The van der Waals surface area contributed by atoms with Crippen LogP contribution in [0.3, 0.4) is 0 Å². The third-order valence-corrected chi connectivity index (χ3v) is 6.15. The largest absolute Gasteiger partial charge is 0.389 e. The Morgan fingerprint density at radius 1 is 1.21 bits per heavy atom.